The summed E-state index contributed by atoms with van der Waals surface area (Å²) in [5.74, 6) is 0.00124. The fourth-order valence-electron chi connectivity index (χ4n) is 5.07. The van der Waals surface area contributed by atoms with Crippen LogP contribution in [0.4, 0.5) is 0 Å². The first-order chi connectivity index (χ1) is 20.4. The van der Waals surface area contributed by atoms with Gasteiger partial charge in [0.2, 0.25) is 0 Å². The van der Waals surface area contributed by atoms with Crippen LogP contribution < -0.4 is 9.47 Å². The number of ether oxygens (including phenoxy) is 4. The Hall–Kier alpha value is -3.89. The number of esters is 2. The van der Waals surface area contributed by atoms with E-state index in [0.29, 0.717) is 35.5 Å². The minimum Gasteiger partial charge on any atom is -0.493 e. The van der Waals surface area contributed by atoms with E-state index in [1.165, 1.54) is 0 Å². The van der Waals surface area contributed by atoms with Crippen LogP contribution >= 0.6 is 11.6 Å². The van der Waals surface area contributed by atoms with Crippen molar-refractivity contribution in [2.75, 3.05) is 33.4 Å². The number of hydrogen-bond donors (Lipinski definition) is 0. The van der Waals surface area contributed by atoms with E-state index in [9.17, 15) is 14.4 Å². The normalized spacial score (nSPS) is 15.0. The van der Waals surface area contributed by atoms with Gasteiger partial charge in [0, 0.05) is 41.0 Å². The van der Waals surface area contributed by atoms with Gasteiger partial charge in [0.25, 0.3) is 0 Å². The van der Waals surface area contributed by atoms with Gasteiger partial charge in [-0.1, -0.05) is 22.8 Å². The molecule has 10 nitrogen and oxygen atoms in total. The Morgan fingerprint density at radius 2 is 1.88 bits per heavy atom. The molecule has 0 saturated carbocycles. The van der Waals surface area contributed by atoms with E-state index in [1.807, 2.05) is 36.4 Å². The lowest BCUT2D eigenvalue weighted by Gasteiger charge is -2.31. The molecule has 1 aliphatic heterocycles. The molecular formula is C31H35ClN2O8. The van der Waals surface area contributed by atoms with Gasteiger partial charge in [0.05, 0.1) is 19.4 Å². The maximum Gasteiger partial charge on any atom is 0.338 e. The highest BCUT2D eigenvalue weighted by atomic mass is 35.5. The number of fused-ring (bicyclic) bond motifs is 1. The summed E-state index contributed by atoms with van der Waals surface area (Å²) in [6.45, 7) is 5.38. The third kappa shape index (κ3) is 8.80. The Morgan fingerprint density at radius 1 is 1.10 bits per heavy atom. The van der Waals surface area contributed by atoms with E-state index in [2.05, 4.69) is 14.8 Å². The minimum absolute atomic E-state index is 0.00721. The average molecular weight is 599 g/mol. The third-order valence-corrected chi connectivity index (χ3v) is 7.39. The van der Waals surface area contributed by atoms with Crippen LogP contribution in [0, 0.1) is 0 Å². The number of methoxy groups -OCH3 is 1. The molecule has 0 amide bonds. The smallest absolute Gasteiger partial charge is 0.338 e. The molecule has 0 radical (unpaired) electrons. The average Bonchev–Trinajstić information content (AvgIpc) is 3.40. The third-order valence-electron chi connectivity index (χ3n) is 7.15. The molecule has 0 spiro atoms. The van der Waals surface area contributed by atoms with Gasteiger partial charge >= 0.3 is 18.4 Å². The number of nitrogens with zero attached hydrogens (tertiary/aromatic N) is 2. The zero-order valence-corrected chi connectivity index (χ0v) is 24.5. The maximum atomic E-state index is 11.9. The summed E-state index contributed by atoms with van der Waals surface area (Å²) >= 11 is 6.07. The first-order valence-electron chi connectivity index (χ1n) is 14.0. The molecule has 1 fully saturated rings. The van der Waals surface area contributed by atoms with Gasteiger partial charge in [-0.3, -0.25) is 4.79 Å². The highest BCUT2D eigenvalue weighted by Gasteiger charge is 2.25. The van der Waals surface area contributed by atoms with Gasteiger partial charge in [-0.25, -0.2) is 9.59 Å². The van der Waals surface area contributed by atoms with Crippen molar-refractivity contribution in [1.82, 2.24) is 10.1 Å². The largest absolute Gasteiger partial charge is 0.493 e. The number of likely N-dealkylation sites (tertiary alicyclic amines) is 1. The molecule has 2 heterocycles. The van der Waals surface area contributed by atoms with Gasteiger partial charge in [-0.2, -0.15) is 0 Å². The molecule has 0 N–H and O–H groups in total. The van der Waals surface area contributed by atoms with Crippen LogP contribution in [0.3, 0.4) is 0 Å². The summed E-state index contributed by atoms with van der Waals surface area (Å²) in [6.07, 6.45) is 5.77. The van der Waals surface area contributed by atoms with Crippen molar-refractivity contribution in [3.05, 3.63) is 64.8 Å². The number of carbonyl (C=O) groups excluding carboxylic acids is 3. The van der Waals surface area contributed by atoms with Gasteiger partial charge < -0.3 is 28.4 Å². The zero-order valence-electron chi connectivity index (χ0n) is 23.8. The second kappa shape index (κ2) is 15.4. The summed E-state index contributed by atoms with van der Waals surface area (Å²) in [5, 5.41) is 6.05. The van der Waals surface area contributed by atoms with E-state index in [4.69, 9.17) is 30.3 Å². The van der Waals surface area contributed by atoms with E-state index in [1.54, 1.807) is 14.0 Å². The van der Waals surface area contributed by atoms with Crippen LogP contribution in [0.2, 0.25) is 5.02 Å². The monoisotopic (exact) mass is 598 g/mol. The number of halogens is 1. The van der Waals surface area contributed by atoms with Crippen molar-refractivity contribution in [2.45, 2.75) is 51.0 Å². The van der Waals surface area contributed by atoms with E-state index in [-0.39, 0.29) is 6.47 Å². The molecule has 42 heavy (non-hydrogen) atoms. The number of aromatic nitrogens is 1. The van der Waals surface area contributed by atoms with Gasteiger partial charge in [-0.05, 0) is 82.1 Å². The van der Waals surface area contributed by atoms with Crippen molar-refractivity contribution < 1.29 is 37.9 Å². The summed E-state index contributed by atoms with van der Waals surface area (Å²) in [4.78, 5) is 35.6. The van der Waals surface area contributed by atoms with E-state index < -0.39 is 18.0 Å². The topological polar surface area (TPSA) is 117 Å². The predicted octanol–water partition coefficient (Wildman–Crippen LogP) is 5.26. The first-order valence-corrected chi connectivity index (χ1v) is 14.3. The van der Waals surface area contributed by atoms with Crippen molar-refractivity contribution in [3.63, 3.8) is 0 Å². The van der Waals surface area contributed by atoms with Gasteiger partial charge in [-0.15, -0.1) is 0 Å². The Labute approximate surface area is 249 Å². The van der Waals surface area contributed by atoms with Crippen LogP contribution in [0.25, 0.3) is 11.0 Å². The van der Waals surface area contributed by atoms with Crippen LogP contribution in [-0.4, -0.2) is 67.9 Å². The van der Waals surface area contributed by atoms with Gasteiger partial charge in [0.1, 0.15) is 6.10 Å². The summed E-state index contributed by atoms with van der Waals surface area (Å²) < 4.78 is 26.4. The van der Waals surface area contributed by atoms with Crippen LogP contribution in [0.5, 0.6) is 11.5 Å². The highest BCUT2D eigenvalue weighted by molar-refractivity contribution is 6.31. The molecule has 1 atom stereocenters. The SMILES string of the molecule is COc1cc(CC(C)OC(=O)/C=C/C(=O)OC=O)ccc1OCCCCN1CCC(c2noc3cc(Cl)ccc23)CC1. The molecule has 224 valence electrons. The van der Waals surface area contributed by atoms with Crippen LogP contribution in [-0.2, 0) is 30.3 Å². The Bertz CT molecular complexity index is 1400. The van der Waals surface area contributed by atoms with Crippen LogP contribution in [0.1, 0.15) is 49.8 Å². The van der Waals surface area contributed by atoms with E-state index >= 15 is 0 Å². The fraction of sp³-hybridized carbons (Fsp3) is 0.419. The van der Waals surface area contributed by atoms with Crippen molar-refractivity contribution in [2.24, 2.45) is 0 Å². The summed E-state index contributed by atoms with van der Waals surface area (Å²) in [5.41, 5.74) is 2.68. The summed E-state index contributed by atoms with van der Waals surface area (Å²) in [6, 6.07) is 11.3. The molecule has 4 rings (SSSR count). The summed E-state index contributed by atoms with van der Waals surface area (Å²) in [7, 11) is 1.58. The van der Waals surface area contributed by atoms with Crippen molar-refractivity contribution in [1.29, 1.82) is 0 Å². The first kappa shape index (κ1) is 31.1. The molecule has 1 aliphatic rings. The van der Waals surface area contributed by atoms with E-state index in [0.717, 1.165) is 79.7 Å². The molecule has 11 heteroatoms. The molecular weight excluding hydrogens is 564 g/mol. The van der Waals surface area contributed by atoms with Crippen LogP contribution in [0.15, 0.2) is 53.1 Å². The number of unbranched alkanes of at least 4 members (excludes halogenated alkanes) is 1. The van der Waals surface area contributed by atoms with Crippen molar-refractivity contribution in [3.8, 4) is 11.5 Å². The van der Waals surface area contributed by atoms with Crippen molar-refractivity contribution >= 4 is 41.0 Å². The highest BCUT2D eigenvalue weighted by Crippen LogP contribution is 2.33. The number of piperidine rings is 1. The minimum atomic E-state index is -0.945. The van der Waals surface area contributed by atoms with Gasteiger partial charge in [0.15, 0.2) is 17.1 Å². The molecule has 1 unspecified atom stereocenters. The lowest BCUT2D eigenvalue weighted by molar-refractivity contribution is -0.148. The lowest BCUT2D eigenvalue weighted by atomic mass is 9.91. The molecule has 1 saturated heterocycles. The number of hydrogen-bond acceptors (Lipinski definition) is 10. The molecule has 1 aromatic heterocycles. The zero-order chi connectivity index (χ0) is 29.9. The molecule has 2 aromatic carbocycles. The quantitative estimate of drug-likeness (QED) is 0.0799. The second-order valence-electron chi connectivity index (χ2n) is 10.2. The molecule has 3 aromatic rings. The Balaban J connectivity index is 1.15. The fourth-order valence-corrected chi connectivity index (χ4v) is 5.23. The molecule has 0 aliphatic carbocycles. The predicted molar refractivity (Wildman–Crippen MR) is 156 cm³/mol. The second-order valence-corrected chi connectivity index (χ2v) is 10.6. The Kier molecular flexibility index (Phi) is 11.4. The Morgan fingerprint density at radius 3 is 2.64 bits per heavy atom. The maximum absolute atomic E-state index is 11.9. The number of carbonyl (C=O) groups is 3. The number of benzene rings is 2. The standard InChI is InChI=1S/C31H35ClN2O8/c1-21(41-30(37)10-9-29(36)40-20-35)17-22-5-8-26(28(18-22)38-2)39-16-4-3-13-34-14-11-23(12-15-34)31-25-7-6-24(32)19-27(25)42-33-31/h5-10,18-21,23H,3-4,11-17H2,1-2H3/b10-9+. The molecule has 0 bridgehead atoms. The lowest BCUT2D eigenvalue weighted by Crippen LogP contribution is -2.34. The number of rotatable bonds is 14.